The van der Waals surface area contributed by atoms with Crippen LogP contribution < -0.4 is 15.4 Å². The monoisotopic (exact) mass is 236 g/mol. The van der Waals surface area contributed by atoms with E-state index in [1.165, 1.54) is 0 Å². The van der Waals surface area contributed by atoms with Gasteiger partial charge in [-0.25, -0.2) is 0 Å². The minimum absolute atomic E-state index is 0.0257. The van der Waals surface area contributed by atoms with Crippen molar-refractivity contribution >= 4 is 5.91 Å². The molecule has 1 amide bonds. The largest absolute Gasteiger partial charge is 0.496 e. The van der Waals surface area contributed by atoms with Crippen molar-refractivity contribution in [3.63, 3.8) is 0 Å². The van der Waals surface area contributed by atoms with Gasteiger partial charge in [-0.3, -0.25) is 4.79 Å². The number of hydrogen-bond acceptors (Lipinski definition) is 3. The zero-order valence-electron chi connectivity index (χ0n) is 10.7. The molecule has 0 aliphatic heterocycles. The van der Waals surface area contributed by atoms with Crippen LogP contribution in [0.3, 0.4) is 0 Å². The predicted molar refractivity (Wildman–Crippen MR) is 68.1 cm³/mol. The van der Waals surface area contributed by atoms with E-state index < -0.39 is 0 Å². The molecule has 0 unspecified atom stereocenters. The van der Waals surface area contributed by atoms with E-state index in [1.807, 2.05) is 26.0 Å². The molecule has 0 saturated carbocycles. The molecule has 0 heterocycles. The van der Waals surface area contributed by atoms with Gasteiger partial charge in [0.15, 0.2) is 0 Å². The number of carbonyl (C=O) groups excluding carboxylic acids is 1. The highest BCUT2D eigenvalue weighted by Gasteiger charge is 2.01. The Labute approximate surface area is 102 Å². The maximum Gasteiger partial charge on any atom is 0.233 e. The molecular weight excluding hydrogens is 216 g/mol. The van der Waals surface area contributed by atoms with E-state index in [9.17, 15) is 4.79 Å². The van der Waals surface area contributed by atoms with Gasteiger partial charge in [-0.15, -0.1) is 0 Å². The van der Waals surface area contributed by atoms with E-state index in [-0.39, 0.29) is 5.91 Å². The van der Waals surface area contributed by atoms with Crippen LogP contribution in [0.2, 0.25) is 0 Å². The van der Waals surface area contributed by atoms with E-state index in [0.29, 0.717) is 19.6 Å². The molecule has 2 N–H and O–H groups in total. The number of amides is 1. The Bertz CT molecular complexity index is 378. The van der Waals surface area contributed by atoms with Crippen molar-refractivity contribution in [2.24, 2.45) is 0 Å². The summed E-state index contributed by atoms with van der Waals surface area (Å²) in [7, 11) is 1.66. The normalized spacial score (nSPS) is 10.1. The Morgan fingerprint density at radius 2 is 2.18 bits per heavy atom. The van der Waals surface area contributed by atoms with Crippen LogP contribution in [-0.4, -0.2) is 26.1 Å². The van der Waals surface area contributed by atoms with Gasteiger partial charge in [0.05, 0.1) is 13.7 Å². The third-order valence-corrected chi connectivity index (χ3v) is 2.45. The van der Waals surface area contributed by atoms with Crippen molar-refractivity contribution in [1.82, 2.24) is 10.6 Å². The standard InChI is InChI=1S/C13H20N2O2/c1-4-15-13(16)9-14-8-11-5-6-12(17-3)10(2)7-11/h5-7,14H,4,8-9H2,1-3H3,(H,15,16). The van der Waals surface area contributed by atoms with Crippen molar-refractivity contribution in [3.8, 4) is 5.75 Å². The van der Waals surface area contributed by atoms with E-state index in [0.717, 1.165) is 16.9 Å². The van der Waals surface area contributed by atoms with Crippen molar-refractivity contribution in [2.75, 3.05) is 20.2 Å². The molecule has 0 bridgehead atoms. The summed E-state index contributed by atoms with van der Waals surface area (Å²) >= 11 is 0. The van der Waals surface area contributed by atoms with Gasteiger partial charge in [0.1, 0.15) is 5.75 Å². The molecule has 17 heavy (non-hydrogen) atoms. The zero-order chi connectivity index (χ0) is 12.7. The summed E-state index contributed by atoms with van der Waals surface area (Å²) in [6.07, 6.45) is 0. The minimum Gasteiger partial charge on any atom is -0.496 e. The number of benzene rings is 1. The molecule has 0 aromatic heterocycles. The molecule has 0 atom stereocenters. The molecule has 1 aromatic carbocycles. The highest BCUT2D eigenvalue weighted by atomic mass is 16.5. The third kappa shape index (κ3) is 4.44. The predicted octanol–water partition coefficient (Wildman–Crippen LogP) is 1.23. The summed E-state index contributed by atoms with van der Waals surface area (Å²) in [6, 6.07) is 6.00. The number of nitrogens with one attached hydrogen (secondary N) is 2. The molecule has 1 rings (SSSR count). The lowest BCUT2D eigenvalue weighted by atomic mass is 10.1. The maximum absolute atomic E-state index is 11.2. The molecule has 0 spiro atoms. The van der Waals surface area contributed by atoms with Gasteiger partial charge in [0.2, 0.25) is 5.91 Å². The van der Waals surface area contributed by atoms with Gasteiger partial charge < -0.3 is 15.4 Å². The van der Waals surface area contributed by atoms with Crippen molar-refractivity contribution in [3.05, 3.63) is 29.3 Å². The molecular formula is C13H20N2O2. The van der Waals surface area contributed by atoms with Gasteiger partial charge in [-0.2, -0.15) is 0 Å². The SMILES string of the molecule is CCNC(=O)CNCc1ccc(OC)c(C)c1. The quantitative estimate of drug-likeness (QED) is 0.781. The summed E-state index contributed by atoms with van der Waals surface area (Å²) in [5, 5.41) is 5.84. The third-order valence-electron chi connectivity index (χ3n) is 2.45. The fraction of sp³-hybridized carbons (Fsp3) is 0.462. The first-order valence-electron chi connectivity index (χ1n) is 5.78. The second-order valence-electron chi connectivity index (χ2n) is 3.86. The second-order valence-corrected chi connectivity index (χ2v) is 3.86. The number of rotatable bonds is 6. The van der Waals surface area contributed by atoms with Gasteiger partial charge in [0.25, 0.3) is 0 Å². The number of aryl methyl sites for hydroxylation is 1. The van der Waals surface area contributed by atoms with Crippen LogP contribution in [-0.2, 0) is 11.3 Å². The van der Waals surface area contributed by atoms with E-state index in [1.54, 1.807) is 7.11 Å². The summed E-state index contributed by atoms with van der Waals surface area (Å²) in [6.45, 7) is 5.61. The Kier molecular flexibility index (Phi) is 5.49. The van der Waals surface area contributed by atoms with Crippen LogP contribution in [0.15, 0.2) is 18.2 Å². The van der Waals surface area contributed by atoms with E-state index in [2.05, 4.69) is 16.7 Å². The molecule has 0 aliphatic carbocycles. The molecule has 0 saturated heterocycles. The molecule has 4 nitrogen and oxygen atoms in total. The lowest BCUT2D eigenvalue weighted by Gasteiger charge is -2.08. The van der Waals surface area contributed by atoms with Crippen molar-refractivity contribution in [2.45, 2.75) is 20.4 Å². The minimum atomic E-state index is 0.0257. The average molecular weight is 236 g/mol. The summed E-state index contributed by atoms with van der Waals surface area (Å²) in [5.74, 6) is 0.912. The maximum atomic E-state index is 11.2. The van der Waals surface area contributed by atoms with Gasteiger partial charge in [-0.1, -0.05) is 12.1 Å². The Morgan fingerprint density at radius 3 is 2.76 bits per heavy atom. The Morgan fingerprint density at radius 1 is 1.41 bits per heavy atom. The number of likely N-dealkylation sites (N-methyl/N-ethyl adjacent to an activating group) is 1. The van der Waals surface area contributed by atoms with Crippen LogP contribution in [0, 0.1) is 6.92 Å². The van der Waals surface area contributed by atoms with Gasteiger partial charge in [0, 0.05) is 13.1 Å². The van der Waals surface area contributed by atoms with Crippen LogP contribution >= 0.6 is 0 Å². The van der Waals surface area contributed by atoms with Crippen LogP contribution in [0.25, 0.3) is 0 Å². The first kappa shape index (κ1) is 13.5. The topological polar surface area (TPSA) is 50.4 Å². The highest BCUT2D eigenvalue weighted by molar-refractivity contribution is 5.77. The zero-order valence-corrected chi connectivity index (χ0v) is 10.7. The molecule has 0 fully saturated rings. The van der Waals surface area contributed by atoms with Crippen molar-refractivity contribution in [1.29, 1.82) is 0 Å². The Balaban J connectivity index is 2.42. The molecule has 1 aromatic rings. The smallest absolute Gasteiger partial charge is 0.233 e. The summed E-state index contributed by atoms with van der Waals surface area (Å²) in [4.78, 5) is 11.2. The molecule has 0 aliphatic rings. The summed E-state index contributed by atoms with van der Waals surface area (Å²) < 4.78 is 5.19. The van der Waals surface area contributed by atoms with Crippen LogP contribution in [0.4, 0.5) is 0 Å². The first-order valence-corrected chi connectivity index (χ1v) is 5.78. The lowest BCUT2D eigenvalue weighted by Crippen LogP contribution is -2.33. The molecule has 0 radical (unpaired) electrons. The number of carbonyl (C=O) groups is 1. The number of methoxy groups -OCH3 is 1. The van der Waals surface area contributed by atoms with Crippen LogP contribution in [0.1, 0.15) is 18.1 Å². The fourth-order valence-electron chi connectivity index (χ4n) is 1.63. The van der Waals surface area contributed by atoms with E-state index in [4.69, 9.17) is 4.74 Å². The Hall–Kier alpha value is -1.55. The summed E-state index contributed by atoms with van der Waals surface area (Å²) in [5.41, 5.74) is 2.25. The van der Waals surface area contributed by atoms with E-state index >= 15 is 0 Å². The molecule has 94 valence electrons. The second kappa shape index (κ2) is 6.91. The van der Waals surface area contributed by atoms with Crippen LogP contribution in [0.5, 0.6) is 5.75 Å². The lowest BCUT2D eigenvalue weighted by molar-refractivity contribution is -0.120. The highest BCUT2D eigenvalue weighted by Crippen LogP contribution is 2.18. The van der Waals surface area contributed by atoms with Gasteiger partial charge >= 0.3 is 0 Å². The first-order chi connectivity index (χ1) is 8.17. The number of ether oxygens (including phenoxy) is 1. The fourth-order valence-corrected chi connectivity index (χ4v) is 1.63. The van der Waals surface area contributed by atoms with Crippen molar-refractivity contribution < 1.29 is 9.53 Å². The van der Waals surface area contributed by atoms with Gasteiger partial charge in [-0.05, 0) is 31.0 Å². The molecule has 4 heteroatoms. The average Bonchev–Trinajstić information content (AvgIpc) is 2.29. The number of hydrogen-bond donors (Lipinski definition) is 2.